The lowest BCUT2D eigenvalue weighted by Gasteiger charge is -2.14. The van der Waals surface area contributed by atoms with Crippen molar-refractivity contribution in [2.45, 2.75) is 32.9 Å². The standard InChI is InChI=1S/C17H23N3O3/c1-4-23-17(21)15(18)10-13-5-6-16(22-3)14(9-13)11-20-8-7-19-12(20)2/h5-9,15H,4,10-11,18H2,1-3H3. The van der Waals surface area contributed by atoms with E-state index in [9.17, 15) is 4.79 Å². The zero-order chi connectivity index (χ0) is 16.8. The first-order valence-corrected chi connectivity index (χ1v) is 7.60. The number of hydrogen-bond acceptors (Lipinski definition) is 5. The summed E-state index contributed by atoms with van der Waals surface area (Å²) in [5, 5.41) is 0. The number of methoxy groups -OCH3 is 1. The Labute approximate surface area is 136 Å². The zero-order valence-corrected chi connectivity index (χ0v) is 13.8. The molecule has 0 saturated carbocycles. The highest BCUT2D eigenvalue weighted by Crippen LogP contribution is 2.22. The van der Waals surface area contributed by atoms with Gasteiger partial charge >= 0.3 is 5.97 Å². The molecular weight excluding hydrogens is 294 g/mol. The summed E-state index contributed by atoms with van der Waals surface area (Å²) in [5.41, 5.74) is 7.88. The smallest absolute Gasteiger partial charge is 0.323 e. The van der Waals surface area contributed by atoms with Crippen LogP contribution in [0.3, 0.4) is 0 Å². The topological polar surface area (TPSA) is 79.4 Å². The second-order valence-electron chi connectivity index (χ2n) is 5.31. The number of nitrogens with two attached hydrogens (primary N) is 1. The van der Waals surface area contributed by atoms with Crippen LogP contribution in [-0.2, 0) is 22.5 Å². The Balaban J connectivity index is 2.18. The van der Waals surface area contributed by atoms with Gasteiger partial charge in [-0.1, -0.05) is 12.1 Å². The average Bonchev–Trinajstić information content (AvgIpc) is 2.93. The van der Waals surface area contributed by atoms with E-state index in [1.54, 1.807) is 20.2 Å². The first-order chi connectivity index (χ1) is 11.0. The third-order valence-corrected chi connectivity index (χ3v) is 3.65. The molecule has 0 aliphatic heterocycles. The molecule has 1 aromatic heterocycles. The Bertz CT molecular complexity index is 667. The quantitative estimate of drug-likeness (QED) is 0.786. The number of rotatable bonds is 7. The number of nitrogens with zero attached hydrogens (tertiary/aromatic N) is 2. The Morgan fingerprint density at radius 1 is 1.43 bits per heavy atom. The number of carbonyl (C=O) groups excluding carboxylic acids is 1. The van der Waals surface area contributed by atoms with E-state index < -0.39 is 6.04 Å². The molecule has 1 aromatic carbocycles. The van der Waals surface area contributed by atoms with Crippen LogP contribution in [0.15, 0.2) is 30.6 Å². The van der Waals surface area contributed by atoms with Crippen LogP contribution >= 0.6 is 0 Å². The molecule has 0 amide bonds. The third kappa shape index (κ3) is 4.32. The van der Waals surface area contributed by atoms with Crippen LogP contribution in [0.1, 0.15) is 23.9 Å². The highest BCUT2D eigenvalue weighted by Gasteiger charge is 2.16. The Kier molecular flexibility index (Phi) is 5.76. The molecule has 1 heterocycles. The molecule has 6 nitrogen and oxygen atoms in total. The molecule has 1 atom stereocenters. The lowest BCUT2D eigenvalue weighted by Crippen LogP contribution is -2.34. The van der Waals surface area contributed by atoms with E-state index in [0.29, 0.717) is 19.6 Å². The molecule has 6 heteroatoms. The van der Waals surface area contributed by atoms with Crippen LogP contribution in [-0.4, -0.2) is 35.3 Å². The molecule has 2 rings (SSSR count). The molecule has 2 N–H and O–H groups in total. The Morgan fingerprint density at radius 2 is 2.22 bits per heavy atom. The van der Waals surface area contributed by atoms with Gasteiger partial charge in [-0.2, -0.15) is 0 Å². The van der Waals surface area contributed by atoms with Crippen molar-refractivity contribution in [2.24, 2.45) is 5.73 Å². The van der Waals surface area contributed by atoms with Gasteiger partial charge in [0.05, 0.1) is 20.3 Å². The molecular formula is C17H23N3O3. The largest absolute Gasteiger partial charge is 0.496 e. The minimum Gasteiger partial charge on any atom is -0.496 e. The van der Waals surface area contributed by atoms with Crippen LogP contribution in [0.2, 0.25) is 0 Å². The van der Waals surface area contributed by atoms with Gasteiger partial charge in [0.15, 0.2) is 0 Å². The van der Waals surface area contributed by atoms with Gasteiger partial charge in [-0.15, -0.1) is 0 Å². The van der Waals surface area contributed by atoms with Crippen molar-refractivity contribution in [3.8, 4) is 5.75 Å². The van der Waals surface area contributed by atoms with Crippen molar-refractivity contribution >= 4 is 5.97 Å². The molecule has 124 valence electrons. The molecule has 2 aromatic rings. The van der Waals surface area contributed by atoms with E-state index in [4.69, 9.17) is 15.2 Å². The normalized spacial score (nSPS) is 12.0. The minimum absolute atomic E-state index is 0.334. The van der Waals surface area contributed by atoms with E-state index >= 15 is 0 Å². The second kappa shape index (κ2) is 7.78. The van der Waals surface area contributed by atoms with Crippen LogP contribution in [0, 0.1) is 6.92 Å². The predicted molar refractivity (Wildman–Crippen MR) is 87.4 cm³/mol. The monoisotopic (exact) mass is 317 g/mol. The Hall–Kier alpha value is -2.34. The maximum Gasteiger partial charge on any atom is 0.323 e. The summed E-state index contributed by atoms with van der Waals surface area (Å²) >= 11 is 0. The summed E-state index contributed by atoms with van der Waals surface area (Å²) in [6, 6.07) is 5.17. The van der Waals surface area contributed by atoms with E-state index in [1.807, 2.05) is 35.9 Å². The number of imidazole rings is 1. The van der Waals surface area contributed by atoms with Gasteiger partial charge in [0.1, 0.15) is 17.6 Å². The van der Waals surface area contributed by atoms with E-state index in [2.05, 4.69) is 4.98 Å². The van der Waals surface area contributed by atoms with Crippen LogP contribution < -0.4 is 10.5 Å². The van der Waals surface area contributed by atoms with Crippen molar-refractivity contribution < 1.29 is 14.3 Å². The molecule has 0 aliphatic carbocycles. The van der Waals surface area contributed by atoms with Crippen LogP contribution in [0.25, 0.3) is 0 Å². The van der Waals surface area contributed by atoms with Gasteiger partial charge < -0.3 is 19.8 Å². The van der Waals surface area contributed by atoms with Crippen molar-refractivity contribution in [1.29, 1.82) is 0 Å². The highest BCUT2D eigenvalue weighted by molar-refractivity contribution is 5.75. The highest BCUT2D eigenvalue weighted by atomic mass is 16.5. The number of aromatic nitrogens is 2. The van der Waals surface area contributed by atoms with Crippen molar-refractivity contribution in [2.75, 3.05) is 13.7 Å². The summed E-state index contributed by atoms with van der Waals surface area (Å²) in [4.78, 5) is 15.9. The van der Waals surface area contributed by atoms with E-state index in [1.165, 1.54) is 0 Å². The number of esters is 1. The van der Waals surface area contributed by atoms with Gasteiger partial charge in [0, 0.05) is 18.0 Å². The lowest BCUT2D eigenvalue weighted by atomic mass is 10.0. The minimum atomic E-state index is -0.661. The van der Waals surface area contributed by atoms with E-state index in [-0.39, 0.29) is 5.97 Å². The molecule has 23 heavy (non-hydrogen) atoms. The van der Waals surface area contributed by atoms with Crippen LogP contribution in [0.4, 0.5) is 0 Å². The number of ether oxygens (including phenoxy) is 2. The van der Waals surface area contributed by atoms with Gasteiger partial charge in [0.25, 0.3) is 0 Å². The van der Waals surface area contributed by atoms with Crippen molar-refractivity contribution in [3.63, 3.8) is 0 Å². The number of carbonyl (C=O) groups is 1. The number of hydrogen-bond donors (Lipinski definition) is 1. The van der Waals surface area contributed by atoms with Gasteiger partial charge in [-0.25, -0.2) is 4.98 Å². The zero-order valence-electron chi connectivity index (χ0n) is 13.8. The molecule has 0 radical (unpaired) electrons. The fourth-order valence-corrected chi connectivity index (χ4v) is 2.42. The number of benzene rings is 1. The molecule has 1 unspecified atom stereocenters. The summed E-state index contributed by atoms with van der Waals surface area (Å²) in [5.74, 6) is 1.35. The molecule has 0 fully saturated rings. The van der Waals surface area contributed by atoms with Crippen molar-refractivity contribution in [1.82, 2.24) is 9.55 Å². The third-order valence-electron chi connectivity index (χ3n) is 3.65. The summed E-state index contributed by atoms with van der Waals surface area (Å²) < 4.78 is 12.4. The molecule has 0 aliphatic rings. The summed E-state index contributed by atoms with van der Waals surface area (Å²) in [6.45, 7) is 4.70. The lowest BCUT2D eigenvalue weighted by molar-refractivity contribution is -0.144. The fraction of sp³-hybridized carbons (Fsp3) is 0.412. The number of aryl methyl sites for hydroxylation is 1. The second-order valence-corrected chi connectivity index (χ2v) is 5.31. The molecule has 0 bridgehead atoms. The van der Waals surface area contributed by atoms with Gasteiger partial charge in [-0.3, -0.25) is 4.79 Å². The Morgan fingerprint density at radius 3 is 2.83 bits per heavy atom. The summed E-state index contributed by atoms with van der Waals surface area (Å²) in [6.07, 6.45) is 4.12. The first-order valence-electron chi connectivity index (χ1n) is 7.60. The SMILES string of the molecule is CCOC(=O)C(N)Cc1ccc(OC)c(Cn2ccnc2C)c1. The molecule has 0 spiro atoms. The molecule has 0 saturated heterocycles. The average molecular weight is 317 g/mol. The first kappa shape index (κ1) is 17.0. The van der Waals surface area contributed by atoms with Crippen molar-refractivity contribution in [3.05, 3.63) is 47.5 Å². The predicted octanol–water partition coefficient (Wildman–Crippen LogP) is 1.68. The van der Waals surface area contributed by atoms with E-state index in [0.717, 1.165) is 22.7 Å². The maximum atomic E-state index is 11.7. The maximum absolute atomic E-state index is 11.7. The van der Waals surface area contributed by atoms with Crippen LogP contribution in [0.5, 0.6) is 5.75 Å². The van der Waals surface area contributed by atoms with Gasteiger partial charge in [-0.05, 0) is 31.9 Å². The summed E-state index contributed by atoms with van der Waals surface area (Å²) in [7, 11) is 1.64. The fourth-order valence-electron chi connectivity index (χ4n) is 2.42. The van der Waals surface area contributed by atoms with Gasteiger partial charge in [0.2, 0.25) is 0 Å².